The first-order valence-electron chi connectivity index (χ1n) is 7.97. The molecule has 0 aliphatic carbocycles. The van der Waals surface area contributed by atoms with E-state index in [1.54, 1.807) is 36.4 Å². The molecule has 0 saturated carbocycles. The molecular formula is C18H16Cl2N4O2. The molecule has 3 rings (SSSR count). The first-order chi connectivity index (χ1) is 12.3. The maximum Gasteiger partial charge on any atom is 0.280 e. The van der Waals surface area contributed by atoms with Crippen LogP contribution in [0.25, 0.3) is 22.4 Å². The van der Waals surface area contributed by atoms with Crippen LogP contribution in [0.4, 0.5) is 0 Å². The predicted molar refractivity (Wildman–Crippen MR) is 103 cm³/mol. The molecular weight excluding hydrogens is 375 g/mol. The molecule has 0 aliphatic heterocycles. The number of hydrogen-bond donors (Lipinski definition) is 1. The summed E-state index contributed by atoms with van der Waals surface area (Å²) in [5.41, 5.74) is 0.700. The fraction of sp³-hybridized carbons (Fsp3) is 0.222. The Labute approximate surface area is 159 Å². The number of nitrogens with one attached hydrogen (secondary N) is 1. The summed E-state index contributed by atoms with van der Waals surface area (Å²) in [5, 5.41) is 3.46. The highest BCUT2D eigenvalue weighted by Gasteiger charge is 2.17. The van der Waals surface area contributed by atoms with Crippen LogP contribution in [0.15, 0.2) is 41.2 Å². The van der Waals surface area contributed by atoms with Crippen molar-refractivity contribution in [3.8, 4) is 11.4 Å². The van der Waals surface area contributed by atoms with Gasteiger partial charge in [-0.05, 0) is 38.1 Å². The van der Waals surface area contributed by atoms with Crippen molar-refractivity contribution in [2.24, 2.45) is 0 Å². The number of rotatable bonds is 4. The van der Waals surface area contributed by atoms with Crippen molar-refractivity contribution in [1.29, 1.82) is 0 Å². The SMILES string of the molecule is CC(C)NC(=O)Cn1c(-c2cccc(Cl)c2)nc2ccc(Cl)nc2c1=O. The van der Waals surface area contributed by atoms with Gasteiger partial charge in [0.15, 0.2) is 5.52 Å². The van der Waals surface area contributed by atoms with Gasteiger partial charge < -0.3 is 5.32 Å². The largest absolute Gasteiger partial charge is 0.352 e. The number of benzene rings is 1. The number of carbonyl (C=O) groups is 1. The van der Waals surface area contributed by atoms with E-state index in [-0.39, 0.29) is 29.2 Å². The smallest absolute Gasteiger partial charge is 0.280 e. The monoisotopic (exact) mass is 390 g/mol. The van der Waals surface area contributed by atoms with Crippen LogP contribution in [-0.4, -0.2) is 26.5 Å². The molecule has 6 nitrogen and oxygen atoms in total. The highest BCUT2D eigenvalue weighted by molar-refractivity contribution is 6.30. The number of hydrogen-bond acceptors (Lipinski definition) is 4. The normalized spacial score (nSPS) is 11.1. The zero-order chi connectivity index (χ0) is 18.8. The van der Waals surface area contributed by atoms with Crippen LogP contribution in [0.5, 0.6) is 0 Å². The van der Waals surface area contributed by atoms with Gasteiger partial charge in [-0.2, -0.15) is 0 Å². The Morgan fingerprint density at radius 1 is 1.19 bits per heavy atom. The molecule has 1 aromatic carbocycles. The van der Waals surface area contributed by atoms with Crippen LogP contribution in [0.1, 0.15) is 13.8 Å². The summed E-state index contributed by atoms with van der Waals surface area (Å²) in [4.78, 5) is 33.8. The summed E-state index contributed by atoms with van der Waals surface area (Å²) in [7, 11) is 0. The lowest BCUT2D eigenvalue weighted by Gasteiger charge is -2.15. The van der Waals surface area contributed by atoms with Crippen molar-refractivity contribution in [3.63, 3.8) is 0 Å². The standard InChI is InChI=1S/C18H16Cl2N4O2/c1-10(2)21-15(25)9-24-17(11-4-3-5-12(19)8-11)22-13-6-7-14(20)23-16(13)18(24)26/h3-8,10H,9H2,1-2H3,(H,21,25). The molecule has 2 heterocycles. The Morgan fingerprint density at radius 3 is 2.65 bits per heavy atom. The van der Waals surface area contributed by atoms with E-state index in [1.807, 2.05) is 13.8 Å². The van der Waals surface area contributed by atoms with Crippen molar-refractivity contribution in [3.05, 3.63) is 56.9 Å². The van der Waals surface area contributed by atoms with E-state index in [0.717, 1.165) is 0 Å². The van der Waals surface area contributed by atoms with Gasteiger partial charge in [0, 0.05) is 16.6 Å². The summed E-state index contributed by atoms with van der Waals surface area (Å²) >= 11 is 12.0. The molecule has 0 spiro atoms. The number of nitrogens with zero attached hydrogens (tertiary/aromatic N) is 3. The van der Waals surface area contributed by atoms with E-state index in [4.69, 9.17) is 23.2 Å². The molecule has 0 radical (unpaired) electrons. The molecule has 0 bridgehead atoms. The molecule has 0 saturated heterocycles. The number of pyridine rings is 1. The molecule has 0 fully saturated rings. The van der Waals surface area contributed by atoms with Crippen LogP contribution >= 0.6 is 23.2 Å². The molecule has 2 aromatic heterocycles. The topological polar surface area (TPSA) is 76.9 Å². The minimum Gasteiger partial charge on any atom is -0.352 e. The van der Waals surface area contributed by atoms with E-state index in [0.29, 0.717) is 21.9 Å². The van der Waals surface area contributed by atoms with Gasteiger partial charge in [-0.1, -0.05) is 35.3 Å². The second-order valence-corrected chi connectivity index (χ2v) is 6.88. The highest BCUT2D eigenvalue weighted by atomic mass is 35.5. The van der Waals surface area contributed by atoms with Gasteiger partial charge in [0.1, 0.15) is 17.5 Å². The third-order valence-electron chi connectivity index (χ3n) is 3.60. The Morgan fingerprint density at radius 2 is 1.96 bits per heavy atom. The summed E-state index contributed by atoms with van der Waals surface area (Å²) in [6.45, 7) is 3.51. The minimum atomic E-state index is -0.439. The second-order valence-electron chi connectivity index (χ2n) is 6.06. The van der Waals surface area contributed by atoms with Crippen molar-refractivity contribution in [2.45, 2.75) is 26.4 Å². The zero-order valence-corrected chi connectivity index (χ0v) is 15.7. The van der Waals surface area contributed by atoms with Crippen molar-refractivity contribution >= 4 is 40.1 Å². The summed E-state index contributed by atoms with van der Waals surface area (Å²) < 4.78 is 1.29. The molecule has 1 N–H and O–H groups in total. The molecule has 0 aliphatic rings. The zero-order valence-electron chi connectivity index (χ0n) is 14.2. The molecule has 0 atom stereocenters. The van der Waals surface area contributed by atoms with Crippen molar-refractivity contribution in [1.82, 2.24) is 19.9 Å². The average Bonchev–Trinajstić information content (AvgIpc) is 2.57. The van der Waals surface area contributed by atoms with Gasteiger partial charge in [-0.25, -0.2) is 9.97 Å². The van der Waals surface area contributed by atoms with Gasteiger partial charge in [0.05, 0.1) is 5.52 Å². The van der Waals surface area contributed by atoms with Gasteiger partial charge in [-0.15, -0.1) is 0 Å². The summed E-state index contributed by atoms with van der Waals surface area (Å²) in [6.07, 6.45) is 0. The van der Waals surface area contributed by atoms with Crippen LogP contribution in [-0.2, 0) is 11.3 Å². The Balaban J connectivity index is 2.23. The van der Waals surface area contributed by atoms with Crippen molar-refractivity contribution in [2.75, 3.05) is 0 Å². The lowest BCUT2D eigenvalue weighted by molar-refractivity contribution is -0.122. The summed E-state index contributed by atoms with van der Waals surface area (Å²) in [5.74, 6) is 0.0431. The van der Waals surface area contributed by atoms with E-state index >= 15 is 0 Å². The predicted octanol–water partition coefficient (Wildman–Crippen LogP) is 3.29. The molecule has 134 valence electrons. The van der Waals surface area contributed by atoms with Gasteiger partial charge in [-0.3, -0.25) is 14.2 Å². The molecule has 8 heteroatoms. The lowest BCUT2D eigenvalue weighted by Crippen LogP contribution is -2.37. The molecule has 3 aromatic rings. The third kappa shape index (κ3) is 3.86. The second kappa shape index (κ2) is 7.43. The van der Waals surface area contributed by atoms with Gasteiger partial charge in [0.25, 0.3) is 5.56 Å². The van der Waals surface area contributed by atoms with Crippen LogP contribution < -0.4 is 10.9 Å². The Bertz CT molecular complexity index is 1050. The number of carbonyl (C=O) groups excluding carboxylic acids is 1. The van der Waals surface area contributed by atoms with Crippen LogP contribution in [0, 0.1) is 0 Å². The maximum absolute atomic E-state index is 13.0. The lowest BCUT2D eigenvalue weighted by atomic mass is 10.2. The third-order valence-corrected chi connectivity index (χ3v) is 4.05. The number of fused-ring (bicyclic) bond motifs is 1. The minimum absolute atomic E-state index is 0.0474. The highest BCUT2D eigenvalue weighted by Crippen LogP contribution is 2.22. The van der Waals surface area contributed by atoms with Crippen molar-refractivity contribution < 1.29 is 4.79 Å². The molecule has 1 amide bonds. The quantitative estimate of drug-likeness (QED) is 0.693. The average molecular weight is 391 g/mol. The number of aromatic nitrogens is 3. The molecule has 26 heavy (non-hydrogen) atoms. The summed E-state index contributed by atoms with van der Waals surface area (Å²) in [6, 6.07) is 10.1. The first-order valence-corrected chi connectivity index (χ1v) is 8.73. The van der Waals surface area contributed by atoms with E-state index in [9.17, 15) is 9.59 Å². The van der Waals surface area contributed by atoms with Gasteiger partial charge in [0.2, 0.25) is 5.91 Å². The first kappa shape index (κ1) is 18.4. The number of halogens is 2. The van der Waals surface area contributed by atoms with E-state index < -0.39 is 5.56 Å². The Kier molecular flexibility index (Phi) is 5.25. The fourth-order valence-corrected chi connectivity index (χ4v) is 2.92. The fourth-order valence-electron chi connectivity index (χ4n) is 2.58. The van der Waals surface area contributed by atoms with Crippen LogP contribution in [0.2, 0.25) is 10.2 Å². The molecule has 0 unspecified atom stereocenters. The number of amides is 1. The Hall–Kier alpha value is -2.44. The van der Waals surface area contributed by atoms with E-state index in [2.05, 4.69) is 15.3 Å². The van der Waals surface area contributed by atoms with Gasteiger partial charge >= 0.3 is 0 Å². The van der Waals surface area contributed by atoms with Crippen LogP contribution in [0.3, 0.4) is 0 Å². The maximum atomic E-state index is 13.0. The van der Waals surface area contributed by atoms with E-state index in [1.165, 1.54) is 4.57 Å².